The molecule has 3 rings (SSSR count). The van der Waals surface area contributed by atoms with Gasteiger partial charge in [-0.15, -0.1) is 11.3 Å². The summed E-state index contributed by atoms with van der Waals surface area (Å²) in [5.74, 6) is 0. The van der Waals surface area contributed by atoms with Gasteiger partial charge in [0.2, 0.25) is 0 Å². The van der Waals surface area contributed by atoms with Crippen molar-refractivity contribution in [2.45, 2.75) is 26.4 Å². The molecule has 0 amide bonds. The first kappa shape index (κ1) is 13.3. The number of benzene rings is 1. The van der Waals surface area contributed by atoms with Gasteiger partial charge in [-0.25, -0.2) is 0 Å². The van der Waals surface area contributed by atoms with Crippen molar-refractivity contribution in [1.82, 2.24) is 15.1 Å². The van der Waals surface area contributed by atoms with Gasteiger partial charge in [0.25, 0.3) is 0 Å². The first-order valence-electron chi connectivity index (χ1n) is 7.06. The summed E-state index contributed by atoms with van der Waals surface area (Å²) in [5, 5.41) is 11.5. The van der Waals surface area contributed by atoms with Crippen molar-refractivity contribution in [3.05, 3.63) is 52.3 Å². The van der Waals surface area contributed by atoms with E-state index >= 15 is 0 Å². The van der Waals surface area contributed by atoms with Crippen LogP contribution in [0.5, 0.6) is 0 Å². The summed E-state index contributed by atoms with van der Waals surface area (Å²) in [7, 11) is 0. The van der Waals surface area contributed by atoms with Crippen LogP contribution in [0.2, 0.25) is 0 Å². The number of nitrogens with one attached hydrogen (secondary N) is 1. The molecule has 0 saturated carbocycles. The first-order chi connectivity index (χ1) is 9.88. The van der Waals surface area contributed by atoms with Crippen molar-refractivity contribution in [2.24, 2.45) is 0 Å². The Balaban J connectivity index is 1.86. The third-order valence-corrected chi connectivity index (χ3v) is 4.36. The third-order valence-electron chi connectivity index (χ3n) is 3.43. The Labute approximate surface area is 123 Å². The zero-order valence-corrected chi connectivity index (χ0v) is 12.5. The number of aromatic nitrogens is 2. The van der Waals surface area contributed by atoms with Gasteiger partial charge < -0.3 is 5.32 Å². The minimum absolute atomic E-state index is 0.836. The quantitative estimate of drug-likeness (QED) is 0.752. The summed E-state index contributed by atoms with van der Waals surface area (Å²) >= 11 is 1.81. The number of hydrogen-bond donors (Lipinski definition) is 1. The van der Waals surface area contributed by atoms with E-state index in [4.69, 9.17) is 5.10 Å². The molecule has 20 heavy (non-hydrogen) atoms. The Morgan fingerprint density at radius 1 is 1.20 bits per heavy atom. The number of aryl methyl sites for hydroxylation is 2. The number of thiophene rings is 1. The van der Waals surface area contributed by atoms with Crippen LogP contribution >= 0.6 is 11.3 Å². The van der Waals surface area contributed by atoms with Gasteiger partial charge in [-0.2, -0.15) is 5.10 Å². The predicted molar refractivity (Wildman–Crippen MR) is 85.1 cm³/mol. The molecule has 2 heterocycles. The van der Waals surface area contributed by atoms with E-state index in [1.165, 1.54) is 15.8 Å². The molecule has 0 atom stereocenters. The number of fused-ring (bicyclic) bond motifs is 1. The minimum atomic E-state index is 0.836. The molecule has 3 aromatic rings. The van der Waals surface area contributed by atoms with Gasteiger partial charge in [-0.1, -0.05) is 31.2 Å². The maximum Gasteiger partial charge on any atom is 0.0841 e. The first-order valence-corrected chi connectivity index (χ1v) is 7.94. The molecule has 104 valence electrons. The van der Waals surface area contributed by atoms with E-state index in [1.807, 2.05) is 11.3 Å². The van der Waals surface area contributed by atoms with Crippen LogP contribution in [0.15, 0.2) is 41.8 Å². The van der Waals surface area contributed by atoms with Crippen LogP contribution in [0.1, 0.15) is 17.5 Å². The third kappa shape index (κ3) is 2.76. The average molecular weight is 285 g/mol. The predicted octanol–water partition coefficient (Wildman–Crippen LogP) is 3.45. The lowest BCUT2D eigenvalue weighted by Crippen LogP contribution is -2.13. The van der Waals surface area contributed by atoms with E-state index in [2.05, 4.69) is 58.7 Å². The number of hydrogen-bond acceptors (Lipinski definition) is 3. The van der Waals surface area contributed by atoms with Crippen molar-refractivity contribution in [1.29, 1.82) is 0 Å². The van der Waals surface area contributed by atoms with Crippen LogP contribution in [0.4, 0.5) is 0 Å². The standard InChI is InChI=1S/C16H19N3S/c1-2-17-12-15-14-7-3-4-8-16(14)19(18-15)10-9-13-6-5-11-20-13/h3-8,11,17H,2,9-10,12H2,1H3. The molecular formula is C16H19N3S. The highest BCUT2D eigenvalue weighted by molar-refractivity contribution is 7.09. The second kappa shape index (κ2) is 6.20. The number of para-hydroxylation sites is 1. The summed E-state index contributed by atoms with van der Waals surface area (Å²) in [5.41, 5.74) is 2.38. The summed E-state index contributed by atoms with van der Waals surface area (Å²) in [4.78, 5) is 1.41. The Hall–Kier alpha value is -1.65. The Bertz CT molecular complexity index is 670. The second-order valence-corrected chi connectivity index (χ2v) is 5.83. The Morgan fingerprint density at radius 3 is 2.90 bits per heavy atom. The monoisotopic (exact) mass is 285 g/mol. The van der Waals surface area contributed by atoms with Crippen LogP contribution in [0.25, 0.3) is 10.9 Å². The number of rotatable bonds is 6. The van der Waals surface area contributed by atoms with E-state index in [-0.39, 0.29) is 0 Å². The molecule has 0 saturated heterocycles. The lowest BCUT2D eigenvalue weighted by atomic mass is 10.2. The molecule has 0 aliphatic rings. The van der Waals surface area contributed by atoms with E-state index in [0.717, 1.165) is 31.7 Å². The van der Waals surface area contributed by atoms with Crippen molar-refractivity contribution >= 4 is 22.2 Å². The highest BCUT2D eigenvalue weighted by Gasteiger charge is 2.09. The van der Waals surface area contributed by atoms with E-state index in [1.54, 1.807) is 0 Å². The highest BCUT2D eigenvalue weighted by Crippen LogP contribution is 2.19. The molecule has 1 aromatic carbocycles. The average Bonchev–Trinajstić information content (AvgIpc) is 3.11. The summed E-state index contributed by atoms with van der Waals surface area (Å²) in [6, 6.07) is 12.8. The molecule has 0 fully saturated rings. The van der Waals surface area contributed by atoms with Crippen molar-refractivity contribution in [3.63, 3.8) is 0 Å². The van der Waals surface area contributed by atoms with Crippen molar-refractivity contribution < 1.29 is 0 Å². The van der Waals surface area contributed by atoms with Gasteiger partial charge in [-0.3, -0.25) is 4.68 Å². The molecule has 3 nitrogen and oxygen atoms in total. The van der Waals surface area contributed by atoms with E-state index in [9.17, 15) is 0 Å². The lowest BCUT2D eigenvalue weighted by molar-refractivity contribution is 0.613. The normalized spacial score (nSPS) is 11.2. The molecule has 0 bridgehead atoms. The van der Waals surface area contributed by atoms with E-state index < -0.39 is 0 Å². The molecule has 0 spiro atoms. The van der Waals surface area contributed by atoms with E-state index in [0.29, 0.717) is 0 Å². The van der Waals surface area contributed by atoms with Crippen LogP contribution in [0, 0.1) is 0 Å². The molecule has 4 heteroatoms. The summed E-state index contributed by atoms with van der Waals surface area (Å²) in [6.07, 6.45) is 1.05. The molecule has 1 N–H and O–H groups in total. The molecular weight excluding hydrogens is 266 g/mol. The van der Waals surface area contributed by atoms with Gasteiger partial charge in [0.05, 0.1) is 11.2 Å². The minimum Gasteiger partial charge on any atom is -0.311 e. The van der Waals surface area contributed by atoms with Crippen molar-refractivity contribution in [3.8, 4) is 0 Å². The van der Waals surface area contributed by atoms with Crippen LogP contribution in [0.3, 0.4) is 0 Å². The topological polar surface area (TPSA) is 29.9 Å². The smallest absolute Gasteiger partial charge is 0.0841 e. The van der Waals surface area contributed by atoms with Crippen LogP contribution < -0.4 is 5.32 Å². The Kier molecular flexibility index (Phi) is 4.14. The maximum atomic E-state index is 4.79. The summed E-state index contributed by atoms with van der Waals surface area (Å²) in [6.45, 7) is 4.86. The zero-order valence-electron chi connectivity index (χ0n) is 11.7. The molecule has 0 aliphatic heterocycles. The van der Waals surface area contributed by atoms with Crippen LogP contribution in [-0.4, -0.2) is 16.3 Å². The molecule has 0 radical (unpaired) electrons. The van der Waals surface area contributed by atoms with Gasteiger partial charge in [0.15, 0.2) is 0 Å². The maximum absolute atomic E-state index is 4.79. The Morgan fingerprint density at radius 2 is 2.10 bits per heavy atom. The molecule has 0 aliphatic carbocycles. The zero-order chi connectivity index (χ0) is 13.8. The van der Waals surface area contributed by atoms with Crippen LogP contribution in [-0.2, 0) is 19.5 Å². The molecule has 0 unspecified atom stereocenters. The van der Waals surface area contributed by atoms with Crippen molar-refractivity contribution in [2.75, 3.05) is 6.54 Å². The fraction of sp³-hybridized carbons (Fsp3) is 0.312. The number of nitrogens with zero attached hydrogens (tertiary/aromatic N) is 2. The van der Waals surface area contributed by atoms with Gasteiger partial charge >= 0.3 is 0 Å². The highest BCUT2D eigenvalue weighted by atomic mass is 32.1. The largest absolute Gasteiger partial charge is 0.311 e. The SMILES string of the molecule is CCNCc1nn(CCc2cccs2)c2ccccc12. The second-order valence-electron chi connectivity index (χ2n) is 4.80. The van der Waals surface area contributed by atoms with Gasteiger partial charge in [-0.05, 0) is 24.1 Å². The lowest BCUT2D eigenvalue weighted by Gasteiger charge is -2.01. The fourth-order valence-corrected chi connectivity index (χ4v) is 3.11. The summed E-state index contributed by atoms with van der Waals surface area (Å²) < 4.78 is 2.14. The molecule has 2 aromatic heterocycles. The fourth-order valence-electron chi connectivity index (χ4n) is 2.41. The van der Waals surface area contributed by atoms with Gasteiger partial charge in [0.1, 0.15) is 0 Å². The van der Waals surface area contributed by atoms with Gasteiger partial charge in [0, 0.05) is 29.8 Å².